The van der Waals surface area contributed by atoms with Gasteiger partial charge in [0.05, 0.1) is 6.20 Å². The van der Waals surface area contributed by atoms with E-state index < -0.39 is 0 Å². The Kier molecular flexibility index (Phi) is 3.38. The highest BCUT2D eigenvalue weighted by atomic mass is 15.2. The van der Waals surface area contributed by atoms with Crippen molar-refractivity contribution in [1.82, 2.24) is 19.6 Å². The summed E-state index contributed by atoms with van der Waals surface area (Å²) in [5.74, 6) is 0.839. The first kappa shape index (κ1) is 13.7. The van der Waals surface area contributed by atoms with Crippen LogP contribution in [-0.4, -0.2) is 19.6 Å². The van der Waals surface area contributed by atoms with Crippen LogP contribution in [0.2, 0.25) is 0 Å². The molecular formula is C18H17N5. The molecule has 114 valence electrons. The summed E-state index contributed by atoms with van der Waals surface area (Å²) >= 11 is 0. The van der Waals surface area contributed by atoms with E-state index in [0.717, 1.165) is 29.0 Å². The number of nitrogens with zero attached hydrogens (tertiary/aromatic N) is 4. The molecular weight excluding hydrogens is 286 g/mol. The van der Waals surface area contributed by atoms with Crippen LogP contribution < -0.4 is 5.32 Å². The molecule has 0 saturated heterocycles. The number of nitrogens with one attached hydrogen (secondary N) is 1. The molecule has 0 aliphatic heterocycles. The van der Waals surface area contributed by atoms with E-state index in [9.17, 15) is 0 Å². The predicted octanol–water partition coefficient (Wildman–Crippen LogP) is 3.47. The summed E-state index contributed by atoms with van der Waals surface area (Å²) in [5.41, 5.74) is 5.68. The largest absolute Gasteiger partial charge is 0.366 e. The van der Waals surface area contributed by atoms with Gasteiger partial charge in [0.25, 0.3) is 0 Å². The summed E-state index contributed by atoms with van der Waals surface area (Å²) in [4.78, 5) is 8.85. The van der Waals surface area contributed by atoms with Crippen molar-refractivity contribution in [2.75, 3.05) is 5.32 Å². The second kappa shape index (κ2) is 5.68. The molecule has 3 aromatic rings. The van der Waals surface area contributed by atoms with Gasteiger partial charge in [-0.15, -0.1) is 0 Å². The third kappa shape index (κ3) is 2.73. The summed E-state index contributed by atoms with van der Waals surface area (Å²) in [6.45, 7) is 2.82. The van der Waals surface area contributed by atoms with E-state index in [-0.39, 0.29) is 0 Å². The summed E-state index contributed by atoms with van der Waals surface area (Å²) in [6.07, 6.45) is 12.8. The first-order valence-corrected chi connectivity index (χ1v) is 7.64. The van der Waals surface area contributed by atoms with Gasteiger partial charge in [-0.1, -0.05) is 23.8 Å². The van der Waals surface area contributed by atoms with Gasteiger partial charge in [0.15, 0.2) is 5.65 Å². The monoisotopic (exact) mass is 303 g/mol. The van der Waals surface area contributed by atoms with Crippen molar-refractivity contribution in [3.05, 3.63) is 71.8 Å². The number of anilines is 1. The van der Waals surface area contributed by atoms with Gasteiger partial charge in [0.2, 0.25) is 0 Å². The Morgan fingerprint density at radius 1 is 1.26 bits per heavy atom. The Morgan fingerprint density at radius 3 is 3.00 bits per heavy atom. The first-order chi connectivity index (χ1) is 11.3. The Bertz CT molecular complexity index is 906. The van der Waals surface area contributed by atoms with Crippen LogP contribution >= 0.6 is 0 Å². The van der Waals surface area contributed by atoms with Gasteiger partial charge >= 0.3 is 0 Å². The molecule has 23 heavy (non-hydrogen) atoms. The van der Waals surface area contributed by atoms with Crippen molar-refractivity contribution in [1.29, 1.82) is 0 Å². The zero-order chi connectivity index (χ0) is 15.6. The average Bonchev–Trinajstić information content (AvgIpc) is 3.19. The molecule has 0 spiro atoms. The molecule has 0 radical (unpaired) electrons. The molecule has 0 aromatic carbocycles. The van der Waals surface area contributed by atoms with Crippen LogP contribution in [0.4, 0.5) is 5.82 Å². The fraction of sp³-hybridized carbons (Fsp3) is 0.167. The van der Waals surface area contributed by atoms with E-state index in [0.29, 0.717) is 6.54 Å². The van der Waals surface area contributed by atoms with Crippen LogP contribution in [0.25, 0.3) is 11.2 Å². The quantitative estimate of drug-likeness (QED) is 0.802. The Labute approximate surface area is 134 Å². The van der Waals surface area contributed by atoms with Crippen LogP contribution in [0.3, 0.4) is 0 Å². The number of aromatic nitrogens is 4. The topological polar surface area (TPSA) is 55.1 Å². The van der Waals surface area contributed by atoms with Crippen molar-refractivity contribution in [3.8, 4) is 0 Å². The number of rotatable bonds is 4. The number of hydrogen-bond acceptors (Lipinski definition) is 4. The van der Waals surface area contributed by atoms with Gasteiger partial charge in [-0.3, -0.25) is 4.98 Å². The second-order valence-electron chi connectivity index (χ2n) is 5.68. The van der Waals surface area contributed by atoms with Crippen molar-refractivity contribution in [2.45, 2.75) is 19.9 Å². The number of allylic oxidation sites excluding steroid dienone is 4. The summed E-state index contributed by atoms with van der Waals surface area (Å²) < 4.78 is 1.82. The van der Waals surface area contributed by atoms with Gasteiger partial charge < -0.3 is 5.32 Å². The lowest BCUT2D eigenvalue weighted by Gasteiger charge is -2.06. The summed E-state index contributed by atoms with van der Waals surface area (Å²) in [5, 5.41) is 7.74. The molecule has 5 heteroatoms. The summed E-state index contributed by atoms with van der Waals surface area (Å²) in [7, 11) is 0. The minimum atomic E-state index is 0.698. The summed E-state index contributed by atoms with van der Waals surface area (Å²) in [6, 6.07) is 5.91. The first-order valence-electron chi connectivity index (χ1n) is 7.64. The molecule has 5 nitrogen and oxygen atoms in total. The Morgan fingerprint density at radius 2 is 2.22 bits per heavy atom. The second-order valence-corrected chi connectivity index (χ2v) is 5.68. The minimum absolute atomic E-state index is 0.698. The Hall–Kier alpha value is -2.95. The molecule has 0 unspecified atom stereocenters. The van der Waals surface area contributed by atoms with Gasteiger partial charge in [-0.2, -0.15) is 5.10 Å². The van der Waals surface area contributed by atoms with E-state index in [4.69, 9.17) is 4.98 Å². The van der Waals surface area contributed by atoms with Gasteiger partial charge in [0.1, 0.15) is 5.82 Å². The number of hydrogen-bond donors (Lipinski definition) is 1. The van der Waals surface area contributed by atoms with Crippen LogP contribution in [0.1, 0.15) is 24.5 Å². The molecule has 0 fully saturated rings. The van der Waals surface area contributed by atoms with E-state index in [2.05, 4.69) is 34.5 Å². The molecule has 3 heterocycles. The molecule has 0 bridgehead atoms. The molecule has 3 aromatic heterocycles. The highest BCUT2D eigenvalue weighted by Gasteiger charge is 2.13. The lowest BCUT2D eigenvalue weighted by Crippen LogP contribution is -2.03. The molecule has 1 aliphatic rings. The maximum absolute atomic E-state index is 4.72. The van der Waals surface area contributed by atoms with E-state index in [1.54, 1.807) is 6.20 Å². The van der Waals surface area contributed by atoms with Crippen molar-refractivity contribution in [3.63, 3.8) is 0 Å². The molecule has 0 amide bonds. The Balaban J connectivity index is 1.61. The lowest BCUT2D eigenvalue weighted by atomic mass is 10.1. The van der Waals surface area contributed by atoms with E-state index in [1.807, 2.05) is 41.3 Å². The lowest BCUT2D eigenvalue weighted by molar-refractivity contribution is 0.936. The van der Waals surface area contributed by atoms with Crippen LogP contribution in [0.15, 0.2) is 60.7 Å². The maximum atomic E-state index is 4.72. The molecule has 1 N–H and O–H groups in total. The van der Waals surface area contributed by atoms with E-state index in [1.165, 1.54) is 11.1 Å². The third-order valence-electron chi connectivity index (χ3n) is 3.96. The number of pyridine rings is 1. The molecule has 0 saturated carbocycles. The standard InChI is InChI=1S/C18H17N5/c1-13-4-5-15(9-13)16-12-21-23-8-6-17(22-18(16)23)20-11-14-3-2-7-19-10-14/h2-4,6-10,12H,5,11H2,1H3,(H,20,22). The molecule has 1 aliphatic carbocycles. The van der Waals surface area contributed by atoms with Gasteiger partial charge in [-0.25, -0.2) is 9.50 Å². The average molecular weight is 303 g/mol. The zero-order valence-corrected chi connectivity index (χ0v) is 12.9. The van der Waals surface area contributed by atoms with Crippen molar-refractivity contribution in [2.24, 2.45) is 0 Å². The SMILES string of the molecule is CC1=CCC(c2cnn3ccc(NCc4cccnc4)nc23)=C1. The van der Waals surface area contributed by atoms with Crippen molar-refractivity contribution >= 4 is 17.0 Å². The fourth-order valence-electron chi connectivity index (χ4n) is 2.74. The van der Waals surface area contributed by atoms with Gasteiger partial charge in [0, 0.05) is 30.7 Å². The van der Waals surface area contributed by atoms with Gasteiger partial charge in [-0.05, 0) is 36.6 Å². The van der Waals surface area contributed by atoms with Crippen LogP contribution in [0, 0.1) is 0 Å². The molecule has 4 rings (SSSR count). The third-order valence-corrected chi connectivity index (χ3v) is 3.96. The molecule has 0 atom stereocenters. The van der Waals surface area contributed by atoms with Crippen LogP contribution in [0.5, 0.6) is 0 Å². The maximum Gasteiger partial charge on any atom is 0.164 e. The van der Waals surface area contributed by atoms with Crippen molar-refractivity contribution < 1.29 is 0 Å². The predicted molar refractivity (Wildman–Crippen MR) is 90.9 cm³/mol. The number of fused-ring (bicyclic) bond motifs is 1. The minimum Gasteiger partial charge on any atom is -0.366 e. The normalized spacial score (nSPS) is 14.0. The van der Waals surface area contributed by atoms with Crippen LogP contribution in [-0.2, 0) is 6.54 Å². The fourth-order valence-corrected chi connectivity index (χ4v) is 2.74. The highest BCUT2D eigenvalue weighted by molar-refractivity contribution is 5.80. The highest BCUT2D eigenvalue weighted by Crippen LogP contribution is 2.29. The smallest absolute Gasteiger partial charge is 0.164 e. The zero-order valence-electron chi connectivity index (χ0n) is 12.9. The van der Waals surface area contributed by atoms with E-state index >= 15 is 0 Å².